The van der Waals surface area contributed by atoms with Gasteiger partial charge in [0.05, 0.1) is 5.56 Å². The van der Waals surface area contributed by atoms with E-state index in [1.54, 1.807) is 0 Å². The van der Waals surface area contributed by atoms with Crippen molar-refractivity contribution in [1.29, 1.82) is 0 Å². The quantitative estimate of drug-likeness (QED) is 0.522. The summed E-state index contributed by atoms with van der Waals surface area (Å²) >= 11 is 0. The number of nitrogens with zero attached hydrogens (tertiary/aromatic N) is 2. The number of aromatic nitrogens is 3. The van der Waals surface area contributed by atoms with Gasteiger partial charge < -0.3 is 4.98 Å². The molecule has 0 radical (unpaired) electrons. The standard InChI is InChI=1S/C7H2N4O4/c12-5-1-2(7(14)9-5)6(13)8-4-3(1)10-15-11-4/h(H,8,11,13)(H,9,12,14). The van der Waals surface area contributed by atoms with Crippen LogP contribution in [0.25, 0.3) is 11.2 Å². The number of rotatable bonds is 0. The van der Waals surface area contributed by atoms with Crippen LogP contribution in [0.4, 0.5) is 0 Å². The van der Waals surface area contributed by atoms with Gasteiger partial charge in [0.2, 0.25) is 5.65 Å². The molecule has 0 atom stereocenters. The van der Waals surface area contributed by atoms with Gasteiger partial charge in [0, 0.05) is 0 Å². The summed E-state index contributed by atoms with van der Waals surface area (Å²) in [5, 5.41) is 8.83. The molecule has 2 aromatic heterocycles. The van der Waals surface area contributed by atoms with E-state index in [1.165, 1.54) is 0 Å². The van der Waals surface area contributed by atoms with Gasteiger partial charge in [0.15, 0.2) is 5.52 Å². The fourth-order valence-corrected chi connectivity index (χ4v) is 1.50. The third-order valence-electron chi connectivity index (χ3n) is 2.12. The molecule has 1 aliphatic heterocycles. The first-order valence-electron chi connectivity index (χ1n) is 3.92. The van der Waals surface area contributed by atoms with Crippen molar-refractivity contribution in [1.82, 2.24) is 20.6 Å². The second-order valence-corrected chi connectivity index (χ2v) is 2.95. The first-order valence-corrected chi connectivity index (χ1v) is 3.92. The van der Waals surface area contributed by atoms with Crippen LogP contribution in [0.1, 0.15) is 20.7 Å². The lowest BCUT2D eigenvalue weighted by Crippen LogP contribution is -2.23. The largest absolute Gasteiger partial charge is 0.302 e. The third kappa shape index (κ3) is 0.822. The summed E-state index contributed by atoms with van der Waals surface area (Å²) in [5.74, 6) is -1.40. The molecule has 74 valence electrons. The molecule has 0 aromatic carbocycles. The molecule has 0 unspecified atom stereocenters. The molecule has 2 aromatic rings. The number of amides is 2. The molecule has 15 heavy (non-hydrogen) atoms. The van der Waals surface area contributed by atoms with E-state index >= 15 is 0 Å². The first kappa shape index (κ1) is 7.85. The number of carbonyl (C=O) groups excluding carboxylic acids is 2. The van der Waals surface area contributed by atoms with E-state index in [-0.39, 0.29) is 22.3 Å². The zero-order valence-corrected chi connectivity index (χ0v) is 7.03. The monoisotopic (exact) mass is 206 g/mol. The van der Waals surface area contributed by atoms with Crippen LogP contribution < -0.4 is 10.9 Å². The normalized spacial score (nSPS) is 14.4. The molecule has 1 aliphatic rings. The number of imide groups is 1. The maximum absolute atomic E-state index is 11.4. The molecule has 3 rings (SSSR count). The lowest BCUT2D eigenvalue weighted by atomic mass is 10.1. The van der Waals surface area contributed by atoms with Crippen LogP contribution in [0.3, 0.4) is 0 Å². The molecule has 2 amide bonds. The Morgan fingerprint density at radius 1 is 1.00 bits per heavy atom. The van der Waals surface area contributed by atoms with E-state index in [2.05, 4.69) is 19.9 Å². The molecule has 8 heteroatoms. The molecule has 3 heterocycles. The Morgan fingerprint density at radius 2 is 1.73 bits per heavy atom. The van der Waals surface area contributed by atoms with Crippen LogP contribution in [0.5, 0.6) is 0 Å². The third-order valence-corrected chi connectivity index (χ3v) is 2.12. The summed E-state index contributed by atoms with van der Waals surface area (Å²) < 4.78 is 4.37. The minimum Gasteiger partial charge on any atom is -0.302 e. The Labute approximate surface area is 80.2 Å². The molecule has 0 spiro atoms. The SMILES string of the molecule is O=C1NC(=O)c2c1c(=O)[nH]c1nonc21. The predicted molar refractivity (Wildman–Crippen MR) is 44.2 cm³/mol. The maximum Gasteiger partial charge on any atom is 0.264 e. The number of pyridine rings is 1. The van der Waals surface area contributed by atoms with Crippen molar-refractivity contribution in [3.63, 3.8) is 0 Å². The molecular weight excluding hydrogens is 204 g/mol. The van der Waals surface area contributed by atoms with Gasteiger partial charge in [-0.15, -0.1) is 0 Å². The molecule has 0 saturated carbocycles. The van der Waals surface area contributed by atoms with Gasteiger partial charge in [-0.25, -0.2) is 4.63 Å². The molecule has 2 N–H and O–H groups in total. The Morgan fingerprint density at radius 3 is 2.53 bits per heavy atom. The first-order chi connectivity index (χ1) is 7.18. The number of fused-ring (bicyclic) bond motifs is 3. The smallest absolute Gasteiger partial charge is 0.264 e. The van der Waals surface area contributed by atoms with Gasteiger partial charge in [-0.1, -0.05) is 0 Å². The molecule has 0 saturated heterocycles. The van der Waals surface area contributed by atoms with Crippen LogP contribution in [0.15, 0.2) is 9.42 Å². The summed E-state index contributed by atoms with van der Waals surface area (Å²) in [4.78, 5) is 36.3. The summed E-state index contributed by atoms with van der Waals surface area (Å²) in [5.41, 5.74) is -0.892. The number of carbonyl (C=O) groups is 2. The second kappa shape index (κ2) is 2.29. The predicted octanol–water partition coefficient (Wildman–Crippen LogP) is -1.21. The molecule has 8 nitrogen and oxygen atoms in total. The average molecular weight is 206 g/mol. The highest BCUT2D eigenvalue weighted by Gasteiger charge is 2.34. The van der Waals surface area contributed by atoms with E-state index in [4.69, 9.17) is 0 Å². The Kier molecular flexibility index (Phi) is 1.20. The van der Waals surface area contributed by atoms with Crippen molar-refractivity contribution in [2.45, 2.75) is 0 Å². The minimum atomic E-state index is -0.735. The van der Waals surface area contributed by atoms with Gasteiger partial charge >= 0.3 is 0 Å². The topological polar surface area (TPSA) is 118 Å². The highest BCUT2D eigenvalue weighted by atomic mass is 16.6. The van der Waals surface area contributed by atoms with Crippen molar-refractivity contribution in [3.8, 4) is 0 Å². The minimum absolute atomic E-state index is 0.0450. The van der Waals surface area contributed by atoms with Gasteiger partial charge in [-0.05, 0) is 10.3 Å². The van der Waals surface area contributed by atoms with Crippen molar-refractivity contribution in [2.24, 2.45) is 0 Å². The highest BCUT2D eigenvalue weighted by molar-refractivity contribution is 6.25. The zero-order chi connectivity index (χ0) is 10.6. The van der Waals surface area contributed by atoms with Gasteiger partial charge in [-0.2, -0.15) is 0 Å². The lowest BCUT2D eigenvalue weighted by Gasteiger charge is -1.91. The summed E-state index contributed by atoms with van der Waals surface area (Å²) in [6.07, 6.45) is 0. The fourth-order valence-electron chi connectivity index (χ4n) is 1.50. The van der Waals surface area contributed by atoms with Crippen LogP contribution >= 0.6 is 0 Å². The van der Waals surface area contributed by atoms with E-state index in [0.29, 0.717) is 0 Å². The zero-order valence-electron chi connectivity index (χ0n) is 7.03. The summed E-state index contributed by atoms with van der Waals surface area (Å²) in [6, 6.07) is 0. The van der Waals surface area contributed by atoms with Crippen molar-refractivity contribution in [3.05, 3.63) is 21.5 Å². The van der Waals surface area contributed by atoms with E-state index in [9.17, 15) is 14.4 Å². The molecule has 0 aliphatic carbocycles. The number of hydrogen-bond donors (Lipinski definition) is 2. The Balaban J connectivity index is 2.61. The molecular formula is C7H2N4O4. The Hall–Kier alpha value is -2.51. The van der Waals surface area contributed by atoms with E-state index in [0.717, 1.165) is 0 Å². The van der Waals surface area contributed by atoms with Crippen LogP contribution in [-0.4, -0.2) is 27.1 Å². The van der Waals surface area contributed by atoms with Crippen molar-refractivity contribution < 1.29 is 14.2 Å². The number of hydrogen-bond acceptors (Lipinski definition) is 6. The number of aromatic amines is 1. The van der Waals surface area contributed by atoms with Crippen molar-refractivity contribution >= 4 is 23.0 Å². The Bertz CT molecular complexity index is 667. The van der Waals surface area contributed by atoms with Gasteiger partial charge in [0.1, 0.15) is 5.56 Å². The second-order valence-electron chi connectivity index (χ2n) is 2.95. The highest BCUT2D eigenvalue weighted by Crippen LogP contribution is 2.18. The summed E-state index contributed by atoms with van der Waals surface area (Å²) in [7, 11) is 0. The fraction of sp³-hybridized carbons (Fsp3) is 0. The maximum atomic E-state index is 11.4. The van der Waals surface area contributed by atoms with Crippen LogP contribution in [-0.2, 0) is 0 Å². The van der Waals surface area contributed by atoms with Gasteiger partial charge in [0.25, 0.3) is 17.4 Å². The number of H-pyrrole nitrogens is 1. The number of nitrogens with one attached hydrogen (secondary N) is 2. The molecule has 0 fully saturated rings. The molecule has 0 bridgehead atoms. The van der Waals surface area contributed by atoms with E-state index < -0.39 is 17.4 Å². The average Bonchev–Trinajstić information content (AvgIpc) is 2.71. The summed E-state index contributed by atoms with van der Waals surface area (Å²) in [6.45, 7) is 0. The van der Waals surface area contributed by atoms with E-state index in [1.807, 2.05) is 5.32 Å². The van der Waals surface area contributed by atoms with Gasteiger partial charge in [-0.3, -0.25) is 19.7 Å². The van der Waals surface area contributed by atoms with Crippen LogP contribution in [0.2, 0.25) is 0 Å². The van der Waals surface area contributed by atoms with Crippen molar-refractivity contribution in [2.75, 3.05) is 0 Å². The lowest BCUT2D eigenvalue weighted by molar-refractivity contribution is 0.0879. The van der Waals surface area contributed by atoms with Crippen LogP contribution in [0, 0.1) is 0 Å².